The van der Waals surface area contributed by atoms with Gasteiger partial charge in [0.25, 0.3) is 0 Å². The predicted molar refractivity (Wildman–Crippen MR) is 111 cm³/mol. The van der Waals surface area contributed by atoms with E-state index in [1.54, 1.807) is 0 Å². The van der Waals surface area contributed by atoms with Crippen LogP contribution in [-0.4, -0.2) is 64.4 Å². The Kier molecular flexibility index (Phi) is 5.19. The summed E-state index contributed by atoms with van der Waals surface area (Å²) >= 11 is 0. The molecule has 28 heavy (non-hydrogen) atoms. The number of nitrogens with zero attached hydrogens (tertiary/aromatic N) is 4. The molecule has 1 amide bonds. The average molecular weight is 384 g/mol. The highest BCUT2D eigenvalue weighted by molar-refractivity contribution is 5.83. The molecule has 0 radical (unpaired) electrons. The topological polar surface area (TPSA) is 52.9 Å². The molecule has 6 nitrogen and oxygen atoms in total. The number of fused-ring (bicyclic) bond motifs is 1. The van der Waals surface area contributed by atoms with E-state index < -0.39 is 5.54 Å². The largest absolute Gasteiger partial charge is 0.343 e. The Morgan fingerprint density at radius 3 is 2.82 bits per heavy atom. The van der Waals surface area contributed by atoms with Crippen LogP contribution in [0.1, 0.15) is 44.5 Å². The number of likely N-dealkylation sites (N-methyl/N-ethyl adjacent to an activating group) is 1. The van der Waals surface area contributed by atoms with E-state index in [1.807, 2.05) is 32.3 Å². The van der Waals surface area contributed by atoms with Gasteiger partial charge in [-0.1, -0.05) is 12.5 Å². The Hall–Kier alpha value is -1.92. The number of imidazole rings is 1. The number of carbonyl (C=O) groups is 1. The molecule has 2 fully saturated rings. The molecular formula is C22H33N5O. The van der Waals surface area contributed by atoms with Gasteiger partial charge < -0.3 is 14.6 Å². The van der Waals surface area contributed by atoms with Crippen molar-refractivity contribution >= 4 is 11.4 Å². The van der Waals surface area contributed by atoms with E-state index in [1.165, 1.54) is 24.8 Å². The number of pyridine rings is 1. The summed E-state index contributed by atoms with van der Waals surface area (Å²) in [5.41, 5.74) is 1.72. The Morgan fingerprint density at radius 1 is 1.32 bits per heavy atom. The van der Waals surface area contributed by atoms with Gasteiger partial charge >= 0.3 is 0 Å². The number of aryl methyl sites for hydroxylation is 1. The summed E-state index contributed by atoms with van der Waals surface area (Å²) in [4.78, 5) is 22.7. The number of rotatable bonds is 5. The third-order valence-corrected chi connectivity index (χ3v) is 6.49. The van der Waals surface area contributed by atoms with Crippen molar-refractivity contribution in [2.75, 3.05) is 33.2 Å². The minimum atomic E-state index is -0.546. The summed E-state index contributed by atoms with van der Waals surface area (Å²) in [7, 11) is 2.11. The van der Waals surface area contributed by atoms with Gasteiger partial charge in [0.2, 0.25) is 5.91 Å². The van der Waals surface area contributed by atoms with Gasteiger partial charge in [0.1, 0.15) is 11.9 Å². The van der Waals surface area contributed by atoms with Crippen molar-refractivity contribution in [3.05, 3.63) is 35.9 Å². The van der Waals surface area contributed by atoms with E-state index in [9.17, 15) is 4.79 Å². The summed E-state index contributed by atoms with van der Waals surface area (Å²) in [5, 5.41) is 3.31. The third kappa shape index (κ3) is 3.67. The maximum Gasteiger partial charge on any atom is 0.239 e. The van der Waals surface area contributed by atoms with Crippen LogP contribution in [0.2, 0.25) is 0 Å². The first-order chi connectivity index (χ1) is 13.3. The van der Waals surface area contributed by atoms with Gasteiger partial charge in [-0.3, -0.25) is 9.69 Å². The fourth-order valence-electron chi connectivity index (χ4n) is 4.50. The van der Waals surface area contributed by atoms with Crippen LogP contribution in [0.3, 0.4) is 0 Å². The molecule has 2 aromatic rings. The van der Waals surface area contributed by atoms with Crippen LogP contribution in [0.5, 0.6) is 0 Å². The van der Waals surface area contributed by atoms with Crippen LogP contribution in [0, 0.1) is 12.8 Å². The number of amides is 1. The van der Waals surface area contributed by atoms with Gasteiger partial charge in [0, 0.05) is 32.4 Å². The van der Waals surface area contributed by atoms with Crippen LogP contribution < -0.4 is 5.32 Å². The molecule has 1 aliphatic heterocycles. The van der Waals surface area contributed by atoms with Gasteiger partial charge in [-0.15, -0.1) is 0 Å². The first-order valence-electron chi connectivity index (χ1n) is 10.5. The molecular weight excluding hydrogens is 350 g/mol. The molecule has 1 saturated carbocycles. The van der Waals surface area contributed by atoms with Gasteiger partial charge in [-0.2, -0.15) is 0 Å². The minimum Gasteiger partial charge on any atom is -0.343 e. The zero-order valence-corrected chi connectivity index (χ0v) is 17.6. The number of aromatic nitrogens is 2. The van der Waals surface area contributed by atoms with Gasteiger partial charge in [0.15, 0.2) is 0 Å². The van der Waals surface area contributed by atoms with E-state index in [0.29, 0.717) is 0 Å². The Morgan fingerprint density at radius 2 is 2.11 bits per heavy atom. The lowest BCUT2D eigenvalue weighted by molar-refractivity contribution is -0.131. The second kappa shape index (κ2) is 7.48. The molecule has 2 aromatic heterocycles. The SMILES string of the molecule is Cc1cccn2c(C(C)(C)NC(=O)[C@@H]3CN(C)CCN3CC3CCC3)ncc12. The maximum atomic E-state index is 13.3. The molecule has 152 valence electrons. The summed E-state index contributed by atoms with van der Waals surface area (Å²) in [6, 6.07) is 4.02. The van der Waals surface area contributed by atoms with Crippen LogP contribution in [0.25, 0.3) is 5.52 Å². The Balaban J connectivity index is 1.53. The smallest absolute Gasteiger partial charge is 0.239 e. The lowest BCUT2D eigenvalue weighted by atomic mass is 9.84. The van der Waals surface area contributed by atoms with Crippen molar-refractivity contribution < 1.29 is 4.79 Å². The normalized spacial score (nSPS) is 22.4. The van der Waals surface area contributed by atoms with E-state index in [-0.39, 0.29) is 11.9 Å². The number of nitrogens with one attached hydrogen (secondary N) is 1. The van der Waals surface area contributed by atoms with Crippen molar-refractivity contribution in [1.29, 1.82) is 0 Å². The highest BCUT2D eigenvalue weighted by atomic mass is 16.2. The second-order valence-corrected chi connectivity index (χ2v) is 9.21. The highest BCUT2D eigenvalue weighted by Gasteiger charge is 2.37. The van der Waals surface area contributed by atoms with Crippen molar-refractivity contribution in [3.63, 3.8) is 0 Å². The number of hydrogen-bond acceptors (Lipinski definition) is 4. The molecule has 0 aromatic carbocycles. The molecule has 0 bridgehead atoms. The van der Waals surface area contributed by atoms with Gasteiger partial charge in [0.05, 0.1) is 17.3 Å². The number of hydrogen-bond donors (Lipinski definition) is 1. The van der Waals surface area contributed by atoms with Crippen molar-refractivity contribution in [2.45, 2.75) is 51.6 Å². The predicted octanol–water partition coefficient (Wildman–Crippen LogP) is 2.41. The van der Waals surface area contributed by atoms with Crippen molar-refractivity contribution in [2.24, 2.45) is 5.92 Å². The molecule has 2 aliphatic rings. The summed E-state index contributed by atoms with van der Waals surface area (Å²) in [6.45, 7) is 10.0. The van der Waals surface area contributed by atoms with Crippen LogP contribution in [0.4, 0.5) is 0 Å². The van der Waals surface area contributed by atoms with E-state index >= 15 is 0 Å². The maximum absolute atomic E-state index is 13.3. The van der Waals surface area contributed by atoms with E-state index in [2.05, 4.69) is 44.5 Å². The van der Waals surface area contributed by atoms with E-state index in [4.69, 9.17) is 0 Å². The van der Waals surface area contributed by atoms with Crippen molar-refractivity contribution in [1.82, 2.24) is 24.5 Å². The summed E-state index contributed by atoms with van der Waals surface area (Å²) in [6.07, 6.45) is 7.89. The molecule has 1 saturated heterocycles. The molecule has 1 atom stereocenters. The number of piperazine rings is 1. The quantitative estimate of drug-likeness (QED) is 0.862. The lowest BCUT2D eigenvalue weighted by Gasteiger charge is -2.43. The molecule has 1 N–H and O–H groups in total. The fourth-order valence-corrected chi connectivity index (χ4v) is 4.50. The van der Waals surface area contributed by atoms with Crippen LogP contribution in [-0.2, 0) is 10.3 Å². The first kappa shape index (κ1) is 19.4. The summed E-state index contributed by atoms with van der Waals surface area (Å²) in [5.74, 6) is 1.75. The van der Waals surface area contributed by atoms with Gasteiger partial charge in [-0.25, -0.2) is 4.98 Å². The third-order valence-electron chi connectivity index (χ3n) is 6.49. The number of carbonyl (C=O) groups excluding carboxylic acids is 1. The zero-order valence-electron chi connectivity index (χ0n) is 17.6. The molecule has 1 aliphatic carbocycles. The molecule has 0 spiro atoms. The lowest BCUT2D eigenvalue weighted by Crippen LogP contribution is -2.61. The first-order valence-corrected chi connectivity index (χ1v) is 10.5. The average Bonchev–Trinajstić information content (AvgIpc) is 3.05. The second-order valence-electron chi connectivity index (χ2n) is 9.21. The van der Waals surface area contributed by atoms with E-state index in [0.717, 1.165) is 43.4 Å². The highest BCUT2D eigenvalue weighted by Crippen LogP contribution is 2.29. The van der Waals surface area contributed by atoms with Crippen molar-refractivity contribution in [3.8, 4) is 0 Å². The van der Waals surface area contributed by atoms with Gasteiger partial charge in [-0.05, 0) is 58.2 Å². The minimum absolute atomic E-state index is 0.0911. The van der Waals surface area contributed by atoms with Crippen LogP contribution >= 0.6 is 0 Å². The molecule has 4 rings (SSSR count). The summed E-state index contributed by atoms with van der Waals surface area (Å²) < 4.78 is 2.09. The monoisotopic (exact) mass is 383 g/mol. The fraction of sp³-hybridized carbons (Fsp3) is 0.636. The molecule has 6 heteroatoms. The Bertz CT molecular complexity index is 854. The Labute approximate surface area is 167 Å². The standard InChI is InChI=1S/C22H33N5O/c1-16-7-6-10-27-18(16)13-23-21(27)22(2,3)24-20(28)19-15-25(4)11-12-26(19)14-17-8-5-9-17/h6-7,10,13,17,19H,5,8-9,11-12,14-15H2,1-4H3,(H,24,28)/t19-/m0/s1. The molecule has 3 heterocycles. The zero-order chi connectivity index (χ0) is 19.9. The van der Waals surface area contributed by atoms with Crippen LogP contribution in [0.15, 0.2) is 24.5 Å². The molecule has 0 unspecified atom stereocenters.